The van der Waals surface area contributed by atoms with Gasteiger partial charge < -0.3 is 24.1 Å². The molecule has 1 aromatic heterocycles. The number of methoxy groups -OCH3 is 1. The topological polar surface area (TPSA) is 72.1 Å². The Balaban J connectivity index is 1.64. The molecule has 0 amide bonds. The molecule has 0 saturated heterocycles. The van der Waals surface area contributed by atoms with Gasteiger partial charge >= 0.3 is 0 Å². The summed E-state index contributed by atoms with van der Waals surface area (Å²) in [6.45, 7) is 3.93. The van der Waals surface area contributed by atoms with Gasteiger partial charge in [0.25, 0.3) is 0 Å². The van der Waals surface area contributed by atoms with Crippen LogP contribution in [0.3, 0.4) is 0 Å². The van der Waals surface area contributed by atoms with E-state index in [1.54, 1.807) is 25.6 Å². The lowest BCUT2D eigenvalue weighted by molar-refractivity contribution is -0.0932. The number of amidine groups is 1. The molecule has 2 aromatic carbocycles. The normalized spacial score (nSPS) is 18.3. The van der Waals surface area contributed by atoms with E-state index in [0.29, 0.717) is 16.1 Å². The Bertz CT molecular complexity index is 1210. The first-order valence-electron chi connectivity index (χ1n) is 10.3. The minimum Gasteiger partial charge on any atom is -0.495 e. The van der Waals surface area contributed by atoms with Crippen molar-refractivity contribution < 1.29 is 19.1 Å². The molecular weight excluding hydrogens is 491 g/mol. The van der Waals surface area contributed by atoms with Crippen LogP contribution in [-0.2, 0) is 10.6 Å². The summed E-state index contributed by atoms with van der Waals surface area (Å²) in [5.41, 5.74) is 2.40. The van der Waals surface area contributed by atoms with Crippen LogP contribution in [-0.4, -0.2) is 45.7 Å². The van der Waals surface area contributed by atoms with E-state index >= 15 is 0 Å². The molecule has 7 nitrogen and oxygen atoms in total. The number of aryl methyl sites for hydroxylation is 1. The van der Waals surface area contributed by atoms with Gasteiger partial charge in [0, 0.05) is 25.2 Å². The first-order valence-corrected chi connectivity index (χ1v) is 11.1. The Morgan fingerprint density at radius 3 is 2.67 bits per heavy atom. The number of β-amino-alcohol motifs (C(OH)–C–C–N with tert-alkyl or cyclic N) is 1. The van der Waals surface area contributed by atoms with Crippen molar-refractivity contribution in [1.82, 2.24) is 14.5 Å². The molecule has 0 saturated carbocycles. The monoisotopic (exact) mass is 514 g/mol. The van der Waals surface area contributed by atoms with Crippen molar-refractivity contribution in [2.45, 2.75) is 19.6 Å². The van der Waals surface area contributed by atoms with Crippen molar-refractivity contribution in [1.29, 1.82) is 0 Å². The largest absolute Gasteiger partial charge is 0.495 e. The van der Waals surface area contributed by atoms with Crippen molar-refractivity contribution in [2.75, 3.05) is 20.3 Å². The van der Waals surface area contributed by atoms with Gasteiger partial charge in [0.2, 0.25) is 5.72 Å². The molecule has 1 N–H and O–H groups in total. The molecule has 0 spiro atoms. The molecule has 1 aliphatic rings. The van der Waals surface area contributed by atoms with Crippen LogP contribution in [0, 0.1) is 12.7 Å². The minimum absolute atomic E-state index is 0.105. The summed E-state index contributed by atoms with van der Waals surface area (Å²) < 4.78 is 21.6. The number of benzene rings is 2. The zero-order valence-corrected chi connectivity index (χ0v) is 20.1. The molecule has 1 unspecified atom stereocenters. The number of hydrogen-bond acceptors (Lipinski definition) is 6. The molecule has 0 fully saturated rings. The number of aromatic nitrogens is 2. The van der Waals surface area contributed by atoms with E-state index in [2.05, 4.69) is 26.1 Å². The molecule has 0 radical (unpaired) electrons. The van der Waals surface area contributed by atoms with E-state index in [-0.39, 0.29) is 19.0 Å². The van der Waals surface area contributed by atoms with Crippen molar-refractivity contribution in [3.8, 4) is 11.4 Å². The second-order valence-electron chi connectivity index (χ2n) is 7.72. The van der Waals surface area contributed by atoms with E-state index in [0.717, 1.165) is 22.5 Å². The Hall–Kier alpha value is -3.17. The third kappa shape index (κ3) is 4.51. The van der Waals surface area contributed by atoms with Gasteiger partial charge in [0.1, 0.15) is 11.6 Å². The second kappa shape index (κ2) is 9.36. The number of rotatable bonds is 7. The predicted octanol–water partition coefficient (Wildman–Crippen LogP) is 4.58. The number of imidazole rings is 1. The number of aliphatic hydroxyl groups excluding tert-OH is 1. The highest BCUT2D eigenvalue weighted by atomic mass is 79.9. The van der Waals surface area contributed by atoms with E-state index in [1.165, 1.54) is 12.1 Å². The van der Waals surface area contributed by atoms with Gasteiger partial charge in [-0.3, -0.25) is 0 Å². The molecule has 3 aromatic rings. The van der Waals surface area contributed by atoms with Crippen LogP contribution in [0.2, 0.25) is 0 Å². The van der Waals surface area contributed by atoms with Gasteiger partial charge in [0.05, 0.1) is 35.9 Å². The highest BCUT2D eigenvalue weighted by Crippen LogP contribution is 2.38. The summed E-state index contributed by atoms with van der Waals surface area (Å²) in [6, 6.07) is 11.9. The molecule has 33 heavy (non-hydrogen) atoms. The maximum atomic E-state index is 13.4. The third-order valence-corrected chi connectivity index (χ3v) is 6.07. The Labute approximate surface area is 199 Å². The Kier molecular flexibility index (Phi) is 6.53. The summed E-state index contributed by atoms with van der Waals surface area (Å²) in [5.74, 6) is 0.873. The maximum absolute atomic E-state index is 13.4. The molecule has 4 rings (SSSR count). The Morgan fingerprint density at radius 2 is 2.03 bits per heavy atom. The van der Waals surface area contributed by atoms with E-state index in [1.807, 2.05) is 53.8 Å². The molecule has 172 valence electrons. The summed E-state index contributed by atoms with van der Waals surface area (Å²) in [6.07, 6.45) is 5.57. The predicted molar refractivity (Wildman–Crippen MR) is 128 cm³/mol. The lowest BCUT2D eigenvalue weighted by atomic mass is 10.0. The molecule has 0 aliphatic carbocycles. The summed E-state index contributed by atoms with van der Waals surface area (Å²) in [5, 5.41) is 14.0. The van der Waals surface area contributed by atoms with Crippen LogP contribution in [0.5, 0.6) is 5.75 Å². The number of nitrogens with zero attached hydrogens (tertiary/aromatic N) is 4. The lowest BCUT2D eigenvalue weighted by Crippen LogP contribution is -2.45. The first-order chi connectivity index (χ1) is 15.9. The highest BCUT2D eigenvalue weighted by molar-refractivity contribution is 9.12. The minimum atomic E-state index is -0.987. The van der Waals surface area contributed by atoms with Gasteiger partial charge in [-0.2, -0.15) is 0 Å². The number of oxime groups is 1. The lowest BCUT2D eigenvalue weighted by Gasteiger charge is -2.34. The van der Waals surface area contributed by atoms with Crippen LogP contribution >= 0.6 is 15.9 Å². The maximum Gasteiger partial charge on any atom is 0.234 e. The molecular formula is C24H24BrFN4O3. The number of halogens is 2. The Morgan fingerprint density at radius 1 is 1.27 bits per heavy atom. The van der Waals surface area contributed by atoms with Crippen molar-refractivity contribution >= 4 is 27.8 Å². The van der Waals surface area contributed by atoms with E-state index in [4.69, 9.17) is 9.57 Å². The van der Waals surface area contributed by atoms with Crippen LogP contribution < -0.4 is 4.74 Å². The SMILES string of the molecule is COc1cc(C=C(Br)C2=NOC(C)(c3ccc(F)cc3)N2CCO)ccc1-n1cnc(C)c1. The number of ether oxygens (including phenoxy) is 1. The van der Waals surface area contributed by atoms with Crippen LogP contribution in [0.25, 0.3) is 11.8 Å². The number of hydrogen-bond donors (Lipinski definition) is 1. The van der Waals surface area contributed by atoms with E-state index < -0.39 is 5.72 Å². The highest BCUT2D eigenvalue weighted by Gasteiger charge is 2.44. The van der Waals surface area contributed by atoms with Crippen molar-refractivity contribution in [3.05, 3.63) is 82.1 Å². The molecule has 2 heterocycles. The average molecular weight is 515 g/mol. The third-order valence-electron chi connectivity index (χ3n) is 5.48. The standard InChI is InChI=1S/C24H24BrFN4O3/c1-16-14-29(15-27-16)21-9-4-17(13-22(21)32-3)12-20(25)23-28-33-24(2,30(23)10-11-31)18-5-7-19(26)8-6-18/h4-9,12-15,31H,10-11H2,1-3H3. The second-order valence-corrected chi connectivity index (χ2v) is 8.57. The van der Waals surface area contributed by atoms with Gasteiger partial charge in [-0.15, -0.1) is 0 Å². The van der Waals surface area contributed by atoms with Crippen LogP contribution in [0.15, 0.2) is 64.6 Å². The van der Waals surface area contributed by atoms with Gasteiger partial charge in [0.15, 0.2) is 5.84 Å². The van der Waals surface area contributed by atoms with Crippen molar-refractivity contribution in [3.63, 3.8) is 0 Å². The van der Waals surface area contributed by atoms with E-state index in [9.17, 15) is 9.50 Å². The average Bonchev–Trinajstić information content (AvgIpc) is 3.38. The quantitative estimate of drug-likeness (QED) is 0.499. The van der Waals surface area contributed by atoms with Crippen LogP contribution in [0.4, 0.5) is 4.39 Å². The fourth-order valence-electron chi connectivity index (χ4n) is 3.75. The summed E-state index contributed by atoms with van der Waals surface area (Å²) >= 11 is 3.61. The molecule has 9 heteroatoms. The molecule has 0 bridgehead atoms. The van der Waals surface area contributed by atoms with Gasteiger partial charge in [-0.25, -0.2) is 9.37 Å². The fraction of sp³-hybridized carbons (Fsp3) is 0.250. The summed E-state index contributed by atoms with van der Waals surface area (Å²) in [4.78, 5) is 11.9. The van der Waals surface area contributed by atoms with Crippen LogP contribution in [0.1, 0.15) is 23.7 Å². The first kappa shape index (κ1) is 23.0. The zero-order chi connectivity index (χ0) is 23.6. The van der Waals surface area contributed by atoms with Gasteiger partial charge in [-0.1, -0.05) is 23.4 Å². The fourth-order valence-corrected chi connectivity index (χ4v) is 4.30. The smallest absolute Gasteiger partial charge is 0.234 e. The summed E-state index contributed by atoms with van der Waals surface area (Å²) in [7, 11) is 1.62. The molecule has 1 aliphatic heterocycles. The van der Waals surface area contributed by atoms with Gasteiger partial charge in [-0.05, 0) is 58.8 Å². The zero-order valence-electron chi connectivity index (χ0n) is 18.5. The van der Waals surface area contributed by atoms with Crippen molar-refractivity contribution in [2.24, 2.45) is 5.16 Å². The number of aliphatic hydroxyl groups is 1. The molecule has 1 atom stereocenters.